The molecule has 2 aromatic heterocycles. The molecule has 2 aliphatic rings. The number of likely N-dealkylation sites (tertiary alicyclic amines) is 1. The molecule has 1 N–H and O–H groups in total. The van der Waals surface area contributed by atoms with Crippen LogP contribution in [-0.2, 0) is 4.74 Å². The molecule has 0 bridgehead atoms. The van der Waals surface area contributed by atoms with Crippen LogP contribution in [0.5, 0.6) is 0 Å². The van der Waals surface area contributed by atoms with Crippen LogP contribution in [0.1, 0.15) is 16.8 Å². The third-order valence-corrected chi connectivity index (χ3v) is 5.04. The molecule has 2 saturated heterocycles. The van der Waals surface area contributed by atoms with E-state index < -0.39 is 0 Å². The summed E-state index contributed by atoms with van der Waals surface area (Å²) in [7, 11) is 0. The third kappa shape index (κ3) is 3.46. The van der Waals surface area contributed by atoms with Crippen molar-refractivity contribution in [3.8, 4) is 0 Å². The number of hydrogen-bond donors (Lipinski definition) is 1. The number of carbonyl (C=O) groups excluding carboxylic acids is 1. The van der Waals surface area contributed by atoms with Crippen LogP contribution in [0.15, 0.2) is 43.0 Å². The normalized spacial score (nSPS) is 25.4. The molecule has 25 heavy (non-hydrogen) atoms. The van der Waals surface area contributed by atoms with Gasteiger partial charge in [-0.1, -0.05) is 0 Å². The van der Waals surface area contributed by atoms with Crippen LogP contribution in [0.2, 0.25) is 0 Å². The molecule has 4 rings (SSSR count). The first-order valence-corrected chi connectivity index (χ1v) is 8.63. The van der Waals surface area contributed by atoms with Crippen molar-refractivity contribution in [1.29, 1.82) is 0 Å². The molecule has 0 aromatic carbocycles. The van der Waals surface area contributed by atoms with Crippen molar-refractivity contribution in [2.45, 2.75) is 12.5 Å². The summed E-state index contributed by atoms with van der Waals surface area (Å²) in [6.45, 7) is 2.92. The van der Waals surface area contributed by atoms with Gasteiger partial charge < -0.3 is 15.0 Å². The number of nitrogens with zero attached hydrogens (tertiary/aromatic N) is 4. The number of anilines is 1. The van der Waals surface area contributed by atoms with Crippen molar-refractivity contribution < 1.29 is 9.53 Å². The number of amides is 1. The predicted molar refractivity (Wildman–Crippen MR) is 92.0 cm³/mol. The molecule has 7 heteroatoms. The second-order valence-electron chi connectivity index (χ2n) is 6.52. The Balaban J connectivity index is 1.34. The summed E-state index contributed by atoms with van der Waals surface area (Å²) in [6, 6.07) is 5.33. The van der Waals surface area contributed by atoms with Gasteiger partial charge >= 0.3 is 0 Å². The van der Waals surface area contributed by atoms with E-state index >= 15 is 0 Å². The highest BCUT2D eigenvalue weighted by atomic mass is 16.5. The number of carbonyl (C=O) groups is 1. The Kier molecular flexibility index (Phi) is 4.56. The third-order valence-electron chi connectivity index (χ3n) is 5.04. The van der Waals surface area contributed by atoms with Crippen LogP contribution < -0.4 is 5.32 Å². The lowest BCUT2D eigenvalue weighted by Gasteiger charge is -2.35. The van der Waals surface area contributed by atoms with E-state index in [2.05, 4.69) is 20.3 Å². The number of piperidine rings is 1. The van der Waals surface area contributed by atoms with E-state index in [1.807, 2.05) is 4.90 Å². The standard InChI is InChI=1S/C18H21N5O2/c24-17(13-2-7-19-8-3-13)23-9-4-15-14(11-23)12-25-16(15)10-22-18-20-5-1-6-21-18/h1-3,5-8,14-16H,4,9-12H2,(H,20,21,22)/t14-,15-,16-/m1/s1. The molecule has 0 unspecified atom stereocenters. The van der Waals surface area contributed by atoms with Crippen LogP contribution in [-0.4, -0.2) is 58.1 Å². The number of hydrogen-bond acceptors (Lipinski definition) is 6. The van der Waals surface area contributed by atoms with E-state index in [1.165, 1.54) is 0 Å². The van der Waals surface area contributed by atoms with Gasteiger partial charge in [0.2, 0.25) is 5.95 Å². The average Bonchev–Trinajstić information content (AvgIpc) is 3.09. The van der Waals surface area contributed by atoms with E-state index in [9.17, 15) is 4.79 Å². The maximum Gasteiger partial charge on any atom is 0.253 e. The highest BCUT2D eigenvalue weighted by Gasteiger charge is 2.41. The first-order valence-electron chi connectivity index (χ1n) is 8.63. The Labute approximate surface area is 146 Å². The molecule has 7 nitrogen and oxygen atoms in total. The van der Waals surface area contributed by atoms with Crippen LogP contribution in [0.3, 0.4) is 0 Å². The Morgan fingerprint density at radius 2 is 2.04 bits per heavy atom. The molecule has 0 saturated carbocycles. The van der Waals surface area contributed by atoms with E-state index in [0.29, 0.717) is 36.5 Å². The Hall–Kier alpha value is -2.54. The van der Waals surface area contributed by atoms with Crippen LogP contribution in [0, 0.1) is 11.8 Å². The molecule has 2 aliphatic heterocycles. The van der Waals surface area contributed by atoms with Gasteiger partial charge in [0.15, 0.2) is 0 Å². The maximum atomic E-state index is 12.6. The van der Waals surface area contributed by atoms with Crippen molar-refractivity contribution in [1.82, 2.24) is 19.9 Å². The first kappa shape index (κ1) is 16.0. The van der Waals surface area contributed by atoms with Crippen molar-refractivity contribution in [2.75, 3.05) is 31.6 Å². The average molecular weight is 339 g/mol. The summed E-state index contributed by atoms with van der Waals surface area (Å²) in [5.74, 6) is 1.57. The number of nitrogens with one attached hydrogen (secondary N) is 1. The lowest BCUT2D eigenvalue weighted by Crippen LogP contribution is -2.45. The molecule has 1 amide bonds. The second-order valence-corrected chi connectivity index (χ2v) is 6.52. The largest absolute Gasteiger partial charge is 0.376 e. The predicted octanol–water partition coefficient (Wildman–Crippen LogP) is 1.46. The van der Waals surface area contributed by atoms with Gasteiger partial charge in [0.25, 0.3) is 5.91 Å². The Morgan fingerprint density at radius 1 is 1.24 bits per heavy atom. The fraction of sp³-hybridized carbons (Fsp3) is 0.444. The molecule has 4 heterocycles. The van der Waals surface area contributed by atoms with Crippen molar-refractivity contribution in [3.05, 3.63) is 48.5 Å². The summed E-state index contributed by atoms with van der Waals surface area (Å²) < 4.78 is 5.99. The minimum atomic E-state index is 0.0834. The van der Waals surface area contributed by atoms with Crippen LogP contribution in [0.4, 0.5) is 5.95 Å². The summed E-state index contributed by atoms with van der Waals surface area (Å²) in [6.07, 6.45) is 7.86. The monoisotopic (exact) mass is 339 g/mol. The van der Waals surface area contributed by atoms with E-state index in [4.69, 9.17) is 4.74 Å². The Bertz CT molecular complexity index is 712. The molecule has 0 radical (unpaired) electrons. The molecule has 3 atom stereocenters. The first-order chi connectivity index (χ1) is 12.3. The fourth-order valence-electron chi connectivity index (χ4n) is 3.74. The minimum absolute atomic E-state index is 0.0834. The van der Waals surface area contributed by atoms with Gasteiger partial charge in [-0.25, -0.2) is 9.97 Å². The van der Waals surface area contributed by atoms with Gasteiger partial charge in [-0.2, -0.15) is 0 Å². The number of ether oxygens (including phenoxy) is 1. The molecule has 0 aliphatic carbocycles. The smallest absolute Gasteiger partial charge is 0.253 e. The van der Waals surface area contributed by atoms with Gasteiger partial charge in [-0.05, 0) is 30.5 Å². The highest BCUT2D eigenvalue weighted by Crippen LogP contribution is 2.34. The SMILES string of the molecule is O=C(c1ccncc1)N1CC[C@@H]2[C@@H](CO[C@@H]2CNc2ncccn2)C1. The zero-order valence-corrected chi connectivity index (χ0v) is 13.9. The molecule has 0 spiro atoms. The van der Waals surface area contributed by atoms with Gasteiger partial charge in [0.1, 0.15) is 0 Å². The lowest BCUT2D eigenvalue weighted by atomic mass is 9.84. The maximum absolute atomic E-state index is 12.6. The summed E-state index contributed by atoms with van der Waals surface area (Å²) in [4.78, 5) is 26.9. The van der Waals surface area contributed by atoms with E-state index in [-0.39, 0.29) is 12.0 Å². The number of aromatic nitrogens is 3. The van der Waals surface area contributed by atoms with E-state index in [1.54, 1.807) is 43.0 Å². The van der Waals surface area contributed by atoms with Gasteiger partial charge in [-0.3, -0.25) is 9.78 Å². The van der Waals surface area contributed by atoms with Gasteiger partial charge in [0.05, 0.1) is 12.7 Å². The minimum Gasteiger partial charge on any atom is -0.376 e. The van der Waals surface area contributed by atoms with Crippen molar-refractivity contribution in [2.24, 2.45) is 11.8 Å². The number of pyridine rings is 1. The zero-order chi connectivity index (χ0) is 17.1. The highest BCUT2D eigenvalue weighted by molar-refractivity contribution is 5.94. The molecular weight excluding hydrogens is 318 g/mol. The summed E-state index contributed by atoms with van der Waals surface area (Å²) >= 11 is 0. The van der Waals surface area contributed by atoms with Gasteiger partial charge in [0, 0.05) is 55.9 Å². The Morgan fingerprint density at radius 3 is 2.84 bits per heavy atom. The van der Waals surface area contributed by atoms with E-state index in [0.717, 1.165) is 19.5 Å². The molecule has 2 aromatic rings. The van der Waals surface area contributed by atoms with Crippen LogP contribution in [0.25, 0.3) is 0 Å². The fourth-order valence-corrected chi connectivity index (χ4v) is 3.74. The quantitative estimate of drug-likeness (QED) is 0.908. The van der Waals surface area contributed by atoms with Gasteiger partial charge in [-0.15, -0.1) is 0 Å². The zero-order valence-electron chi connectivity index (χ0n) is 13.9. The number of rotatable bonds is 4. The van der Waals surface area contributed by atoms with Crippen molar-refractivity contribution in [3.63, 3.8) is 0 Å². The molecule has 130 valence electrons. The number of fused-ring (bicyclic) bond motifs is 1. The lowest BCUT2D eigenvalue weighted by molar-refractivity contribution is 0.0621. The summed E-state index contributed by atoms with van der Waals surface area (Å²) in [5.41, 5.74) is 0.701. The topological polar surface area (TPSA) is 80.2 Å². The van der Waals surface area contributed by atoms with Crippen molar-refractivity contribution >= 4 is 11.9 Å². The second kappa shape index (κ2) is 7.14. The molecule has 2 fully saturated rings. The van der Waals surface area contributed by atoms with Crippen LogP contribution >= 0.6 is 0 Å². The summed E-state index contributed by atoms with van der Waals surface area (Å²) in [5, 5.41) is 3.24. The molecular formula is C18H21N5O2.